The lowest BCUT2D eigenvalue weighted by Crippen LogP contribution is -2.36. The van der Waals surface area contributed by atoms with E-state index in [0.29, 0.717) is 25.1 Å². The van der Waals surface area contributed by atoms with Gasteiger partial charge in [-0.2, -0.15) is 0 Å². The van der Waals surface area contributed by atoms with Gasteiger partial charge < -0.3 is 4.90 Å². The Kier molecular flexibility index (Phi) is 3.72. The van der Waals surface area contributed by atoms with Crippen LogP contribution in [0, 0.1) is 11.6 Å². The maximum atomic E-state index is 14.3. The molecule has 1 aliphatic rings. The number of hydrogen-bond donors (Lipinski definition) is 0. The number of amides is 1. The first-order chi connectivity index (χ1) is 12.1. The van der Waals surface area contributed by atoms with Gasteiger partial charge in [0.15, 0.2) is 0 Å². The Morgan fingerprint density at radius 3 is 2.80 bits per heavy atom. The number of benzene rings is 1. The van der Waals surface area contributed by atoms with E-state index in [1.807, 2.05) is 0 Å². The first-order valence-electron chi connectivity index (χ1n) is 7.75. The molecule has 0 unspecified atom stereocenters. The Morgan fingerprint density at radius 1 is 1.16 bits per heavy atom. The number of fused-ring (bicyclic) bond motifs is 1. The van der Waals surface area contributed by atoms with E-state index in [2.05, 4.69) is 15.3 Å². The smallest absolute Gasteiger partial charge is 0.260 e. The second-order valence-electron chi connectivity index (χ2n) is 5.70. The summed E-state index contributed by atoms with van der Waals surface area (Å²) in [6.45, 7) is 0.319. The number of carbonyl (C=O) groups is 1. The fraction of sp³-hybridized carbons (Fsp3) is 0.176. The van der Waals surface area contributed by atoms with Gasteiger partial charge in [0.2, 0.25) is 0 Å². The third kappa shape index (κ3) is 2.65. The molecule has 0 N–H and O–H groups in total. The number of carbonyl (C=O) groups excluding carboxylic acids is 1. The van der Waals surface area contributed by atoms with Crippen LogP contribution in [0.5, 0.6) is 0 Å². The van der Waals surface area contributed by atoms with Crippen LogP contribution in [0.3, 0.4) is 0 Å². The van der Waals surface area contributed by atoms with E-state index in [4.69, 9.17) is 0 Å². The average Bonchev–Trinajstić information content (AvgIpc) is 3.19. The molecule has 25 heavy (non-hydrogen) atoms. The summed E-state index contributed by atoms with van der Waals surface area (Å²) in [7, 11) is 0. The van der Waals surface area contributed by atoms with Crippen LogP contribution in [-0.2, 0) is 6.42 Å². The van der Waals surface area contributed by atoms with E-state index in [1.54, 1.807) is 12.3 Å². The first-order valence-corrected chi connectivity index (χ1v) is 7.75. The summed E-state index contributed by atoms with van der Waals surface area (Å²) in [6, 6.07) is 3.73. The Labute approximate surface area is 141 Å². The van der Waals surface area contributed by atoms with Crippen molar-refractivity contribution in [1.82, 2.24) is 20.0 Å². The fourth-order valence-corrected chi connectivity index (χ4v) is 3.01. The molecule has 0 radical (unpaired) electrons. The Hall–Kier alpha value is -3.16. The van der Waals surface area contributed by atoms with Crippen LogP contribution in [0.4, 0.5) is 14.5 Å². The number of rotatable bonds is 2. The number of hydrogen-bond acceptors (Lipinski definition) is 4. The summed E-state index contributed by atoms with van der Waals surface area (Å²) >= 11 is 0. The van der Waals surface area contributed by atoms with Gasteiger partial charge in [-0.25, -0.2) is 13.5 Å². The third-order valence-electron chi connectivity index (χ3n) is 4.16. The van der Waals surface area contributed by atoms with Crippen molar-refractivity contribution in [3.63, 3.8) is 0 Å². The summed E-state index contributed by atoms with van der Waals surface area (Å²) in [6.07, 6.45) is 7.03. The number of aromatic nitrogens is 4. The summed E-state index contributed by atoms with van der Waals surface area (Å²) in [5.41, 5.74) is 1.08. The molecule has 0 atom stereocenters. The van der Waals surface area contributed by atoms with Gasteiger partial charge in [0, 0.05) is 18.3 Å². The van der Waals surface area contributed by atoms with E-state index in [1.165, 1.54) is 28.2 Å². The monoisotopic (exact) mass is 341 g/mol. The number of pyridine rings is 1. The zero-order chi connectivity index (χ0) is 17.4. The van der Waals surface area contributed by atoms with Crippen molar-refractivity contribution >= 4 is 11.6 Å². The van der Waals surface area contributed by atoms with Crippen LogP contribution in [0.1, 0.15) is 22.3 Å². The van der Waals surface area contributed by atoms with Crippen molar-refractivity contribution in [2.45, 2.75) is 12.8 Å². The van der Waals surface area contributed by atoms with Gasteiger partial charge in [-0.3, -0.25) is 9.78 Å². The lowest BCUT2D eigenvalue weighted by Gasteiger charge is -2.30. The topological polar surface area (TPSA) is 63.9 Å². The summed E-state index contributed by atoms with van der Waals surface area (Å²) < 4.78 is 29.8. The van der Waals surface area contributed by atoms with Crippen molar-refractivity contribution in [2.24, 2.45) is 0 Å². The molecule has 0 fully saturated rings. The molecule has 0 bridgehead atoms. The zero-order valence-electron chi connectivity index (χ0n) is 13.1. The molecule has 126 valence electrons. The highest BCUT2D eigenvalue weighted by Gasteiger charge is 2.29. The lowest BCUT2D eigenvalue weighted by molar-refractivity contribution is 0.0983. The van der Waals surface area contributed by atoms with E-state index >= 15 is 0 Å². The summed E-state index contributed by atoms with van der Waals surface area (Å²) in [4.78, 5) is 18.2. The molecule has 0 aliphatic carbocycles. The second kappa shape index (κ2) is 6.04. The second-order valence-corrected chi connectivity index (χ2v) is 5.70. The largest absolute Gasteiger partial charge is 0.305 e. The molecule has 1 amide bonds. The third-order valence-corrected chi connectivity index (χ3v) is 4.16. The molecule has 1 aromatic carbocycles. The SMILES string of the molecule is O=C(c1cncc(-n2ccnn2)c1)N1CCCc2c(F)ccc(F)c21. The van der Waals surface area contributed by atoms with Crippen LogP contribution in [-0.4, -0.2) is 32.4 Å². The van der Waals surface area contributed by atoms with Crippen molar-refractivity contribution in [3.8, 4) is 5.69 Å². The molecule has 0 saturated carbocycles. The van der Waals surface area contributed by atoms with Crippen molar-refractivity contribution in [1.29, 1.82) is 0 Å². The summed E-state index contributed by atoms with van der Waals surface area (Å²) in [5.74, 6) is -1.53. The van der Waals surface area contributed by atoms with E-state index in [0.717, 1.165) is 12.1 Å². The fourth-order valence-electron chi connectivity index (χ4n) is 3.01. The predicted octanol–water partition coefficient (Wildman–Crippen LogP) is 2.53. The molecule has 1 aliphatic heterocycles. The quantitative estimate of drug-likeness (QED) is 0.718. The molecule has 6 nitrogen and oxygen atoms in total. The normalized spacial score (nSPS) is 13.6. The van der Waals surface area contributed by atoms with Crippen LogP contribution < -0.4 is 4.90 Å². The zero-order valence-corrected chi connectivity index (χ0v) is 13.1. The van der Waals surface area contributed by atoms with Crippen LogP contribution in [0.15, 0.2) is 43.0 Å². The minimum atomic E-state index is -0.607. The minimum absolute atomic E-state index is 0.0161. The highest BCUT2D eigenvalue weighted by atomic mass is 19.1. The Balaban J connectivity index is 1.74. The predicted molar refractivity (Wildman–Crippen MR) is 85.5 cm³/mol. The molecule has 2 aromatic heterocycles. The van der Waals surface area contributed by atoms with Gasteiger partial charge in [0.05, 0.1) is 35.5 Å². The molecule has 3 heterocycles. The van der Waals surface area contributed by atoms with Gasteiger partial charge in [-0.1, -0.05) is 5.21 Å². The number of nitrogens with zero attached hydrogens (tertiary/aromatic N) is 5. The maximum absolute atomic E-state index is 14.3. The van der Waals surface area contributed by atoms with Gasteiger partial charge in [-0.05, 0) is 31.0 Å². The van der Waals surface area contributed by atoms with Gasteiger partial charge >= 0.3 is 0 Å². The molecular formula is C17H13F2N5O. The highest BCUT2D eigenvalue weighted by Crippen LogP contribution is 2.33. The molecule has 4 rings (SSSR count). The van der Waals surface area contributed by atoms with Crippen molar-refractivity contribution in [3.05, 3.63) is 65.7 Å². The Bertz CT molecular complexity index is 942. The van der Waals surface area contributed by atoms with Crippen LogP contribution in [0.2, 0.25) is 0 Å². The van der Waals surface area contributed by atoms with Gasteiger partial charge in [0.25, 0.3) is 5.91 Å². The van der Waals surface area contributed by atoms with E-state index < -0.39 is 17.5 Å². The highest BCUT2D eigenvalue weighted by molar-refractivity contribution is 6.07. The van der Waals surface area contributed by atoms with Crippen LogP contribution in [0.25, 0.3) is 5.69 Å². The maximum Gasteiger partial charge on any atom is 0.260 e. The van der Waals surface area contributed by atoms with Crippen molar-refractivity contribution < 1.29 is 13.6 Å². The lowest BCUT2D eigenvalue weighted by atomic mass is 10.00. The van der Waals surface area contributed by atoms with E-state index in [-0.39, 0.29) is 16.8 Å². The molecule has 0 saturated heterocycles. The number of halogens is 2. The number of anilines is 1. The summed E-state index contributed by atoms with van der Waals surface area (Å²) in [5, 5.41) is 7.57. The average molecular weight is 341 g/mol. The van der Waals surface area contributed by atoms with Crippen LogP contribution >= 0.6 is 0 Å². The molecule has 8 heteroatoms. The van der Waals surface area contributed by atoms with Crippen molar-refractivity contribution in [2.75, 3.05) is 11.4 Å². The molecular weight excluding hydrogens is 328 g/mol. The Morgan fingerprint density at radius 2 is 2.00 bits per heavy atom. The standard InChI is InChI=1S/C17H13F2N5O/c18-14-3-4-15(19)16-13(14)2-1-6-23(16)17(25)11-8-12(10-20-9-11)24-7-5-21-22-24/h3-5,7-10H,1-2,6H2. The van der Waals surface area contributed by atoms with Gasteiger partial charge in [0.1, 0.15) is 11.6 Å². The molecule has 3 aromatic rings. The van der Waals surface area contributed by atoms with Gasteiger partial charge in [-0.15, -0.1) is 5.10 Å². The first kappa shape index (κ1) is 15.4. The molecule has 0 spiro atoms. The van der Waals surface area contributed by atoms with E-state index in [9.17, 15) is 13.6 Å². The minimum Gasteiger partial charge on any atom is -0.305 e.